The molecule has 8 rings (SSSR count). The van der Waals surface area contributed by atoms with Gasteiger partial charge in [-0.15, -0.1) is 0 Å². The molecular weight excluding hydrogens is 729 g/mol. The van der Waals surface area contributed by atoms with Gasteiger partial charge in [0.05, 0.1) is 19.8 Å². The Morgan fingerprint density at radius 2 is 1.23 bits per heavy atom. The molecule has 2 fully saturated rings. The second-order valence-corrected chi connectivity index (χ2v) is 13.3. The molecule has 2 aliphatic rings. The lowest BCUT2D eigenvalue weighted by Gasteiger charge is -2.22. The first-order valence-electron chi connectivity index (χ1n) is 18.4. The number of methoxy groups -OCH3 is 2. The third-order valence-electron chi connectivity index (χ3n) is 9.33. The van der Waals surface area contributed by atoms with Crippen LogP contribution in [0.2, 0.25) is 0 Å². The van der Waals surface area contributed by atoms with E-state index in [0.29, 0.717) is 47.4 Å². The topological polar surface area (TPSA) is 199 Å². The Morgan fingerprint density at radius 3 is 1.74 bits per heavy atom. The zero-order chi connectivity index (χ0) is 40.1. The molecule has 17 nitrogen and oxygen atoms in total. The maximum absolute atomic E-state index is 13.3. The third kappa shape index (κ3) is 10.1. The molecule has 0 saturated carbocycles. The number of hydrogen-bond donors (Lipinski definition) is 4. The number of aromatic carboxylic acids is 1. The van der Waals surface area contributed by atoms with Gasteiger partial charge in [-0.2, -0.15) is 10.2 Å². The van der Waals surface area contributed by atoms with Crippen LogP contribution < -0.4 is 25.4 Å². The highest BCUT2D eigenvalue weighted by atomic mass is 16.5. The number of carboxylic acid groups (broad SMARTS) is 1. The summed E-state index contributed by atoms with van der Waals surface area (Å²) in [6.07, 6.45) is 15.3. The van der Waals surface area contributed by atoms with Crippen molar-refractivity contribution in [2.75, 3.05) is 37.9 Å². The van der Waals surface area contributed by atoms with Gasteiger partial charge in [0.25, 0.3) is 5.91 Å². The Morgan fingerprint density at radius 1 is 0.702 bits per heavy atom. The minimum absolute atomic E-state index is 0.0524. The first-order chi connectivity index (χ1) is 27.7. The second-order valence-electron chi connectivity index (χ2n) is 13.3. The van der Waals surface area contributed by atoms with Crippen LogP contribution >= 0.6 is 0 Å². The minimum Gasteiger partial charge on any atom is -0.493 e. The normalized spacial score (nSPS) is 18.4. The fraction of sp³-hybridized carbons (Fsp3) is 0.300. The van der Waals surface area contributed by atoms with Gasteiger partial charge in [-0.3, -0.25) is 4.79 Å². The molecule has 6 aromatic rings. The molecule has 0 aliphatic carbocycles. The number of carbonyl (C=O) groups excluding carboxylic acids is 1. The monoisotopic (exact) mass is 774 g/mol. The molecule has 4 N–H and O–H groups in total. The summed E-state index contributed by atoms with van der Waals surface area (Å²) in [7, 11) is 3.28. The molecule has 17 heteroatoms. The zero-order valence-corrected chi connectivity index (χ0v) is 32.1. The average molecular weight is 775 g/mol. The Hall–Kier alpha value is -6.88. The molecule has 1 amide bonds. The van der Waals surface area contributed by atoms with E-state index >= 15 is 0 Å². The van der Waals surface area contributed by atoms with Crippen LogP contribution in [0.4, 0.5) is 11.6 Å². The van der Waals surface area contributed by atoms with Gasteiger partial charge in [-0.05, 0) is 87.4 Å². The molecule has 2 aliphatic heterocycles. The van der Waals surface area contributed by atoms with Crippen molar-refractivity contribution in [3.8, 4) is 23.1 Å². The first kappa shape index (κ1) is 39.8. The number of anilines is 2. The quantitative estimate of drug-likeness (QED) is 0.151. The van der Waals surface area contributed by atoms with Crippen molar-refractivity contribution < 1.29 is 24.2 Å². The number of aromatic nitrogens is 8. The van der Waals surface area contributed by atoms with Gasteiger partial charge < -0.3 is 35.4 Å². The highest BCUT2D eigenvalue weighted by molar-refractivity contribution is 5.97. The predicted octanol–water partition coefficient (Wildman–Crippen LogP) is 4.60. The molecule has 0 bridgehead atoms. The molecule has 2 saturated heterocycles. The number of amides is 1. The standard InChI is InChI=1S/C20H22N6O2.C11H17N3O.C9H7N3O2/c1-14-12-15(24-18-17(28-2)7-4-8-21-18)13-25(14)20(27)16-6-3-9-22-19(16)26-11-5-10-23-26;1-8-6-9(7-13-8)14-11-10(15-2)4-3-5-12-11;13-9(14)7-3-1-4-10-8(7)12-6-2-5-11-12/h3-11,14-15H,12-13H2,1-2H3,(H,21,24);3-5,8-9,13H,6-7H2,1-2H3,(H,12,14);1-6H,(H,13,14)/t14-,15-;8-,9-;/m11./s1. The molecule has 57 heavy (non-hydrogen) atoms. The highest BCUT2D eigenvalue weighted by Crippen LogP contribution is 2.28. The van der Waals surface area contributed by atoms with E-state index in [9.17, 15) is 9.59 Å². The van der Waals surface area contributed by atoms with Crippen LogP contribution in [0.5, 0.6) is 11.5 Å². The van der Waals surface area contributed by atoms with Gasteiger partial charge in [0.1, 0.15) is 5.56 Å². The van der Waals surface area contributed by atoms with E-state index < -0.39 is 5.97 Å². The highest BCUT2D eigenvalue weighted by Gasteiger charge is 2.34. The van der Waals surface area contributed by atoms with Crippen molar-refractivity contribution in [3.05, 3.63) is 121 Å². The van der Waals surface area contributed by atoms with Gasteiger partial charge in [0, 0.05) is 86.8 Å². The lowest BCUT2D eigenvalue weighted by atomic mass is 10.2. The van der Waals surface area contributed by atoms with Crippen LogP contribution in [0, 0.1) is 0 Å². The lowest BCUT2D eigenvalue weighted by molar-refractivity contribution is 0.0694. The lowest BCUT2D eigenvalue weighted by Crippen LogP contribution is -2.36. The maximum Gasteiger partial charge on any atom is 0.339 e. The second kappa shape index (κ2) is 19.1. The Balaban J connectivity index is 0.000000159. The third-order valence-corrected chi connectivity index (χ3v) is 9.33. The van der Waals surface area contributed by atoms with Crippen molar-refractivity contribution in [2.24, 2.45) is 0 Å². The molecule has 8 heterocycles. The van der Waals surface area contributed by atoms with E-state index in [4.69, 9.17) is 14.6 Å². The fourth-order valence-corrected chi connectivity index (χ4v) is 6.62. The number of nitrogens with one attached hydrogen (secondary N) is 3. The Kier molecular flexibility index (Phi) is 13.4. The SMILES string of the molecule is COc1cccnc1N[C@@H]1C[C@@H](C)N(C(=O)c2cccnc2-n2cccn2)C1.COc1cccnc1N[C@H]1CN[C@H](C)C1.O=C(O)c1cccnc1-n1cccn1. The summed E-state index contributed by atoms with van der Waals surface area (Å²) in [5.41, 5.74) is 0.672. The van der Waals surface area contributed by atoms with Crippen molar-refractivity contribution in [2.45, 2.75) is 50.9 Å². The number of likely N-dealkylation sites (tertiary alicyclic amines) is 1. The van der Waals surface area contributed by atoms with Crippen LogP contribution in [0.15, 0.2) is 110 Å². The summed E-state index contributed by atoms with van der Waals surface area (Å²) >= 11 is 0. The van der Waals surface area contributed by atoms with E-state index in [0.717, 1.165) is 31.0 Å². The van der Waals surface area contributed by atoms with E-state index in [1.807, 2.05) is 35.2 Å². The number of carbonyl (C=O) groups is 2. The molecular formula is C40H46N12O5. The van der Waals surface area contributed by atoms with E-state index in [1.165, 1.54) is 16.9 Å². The van der Waals surface area contributed by atoms with Gasteiger partial charge in [-0.25, -0.2) is 34.1 Å². The van der Waals surface area contributed by atoms with Crippen LogP contribution in [-0.4, -0.2) is 113 Å². The number of ether oxygens (including phenoxy) is 2. The van der Waals surface area contributed by atoms with E-state index in [2.05, 4.69) is 59.9 Å². The Labute approximate surface area is 330 Å². The summed E-state index contributed by atoms with van der Waals surface area (Å²) in [6, 6.07) is 18.8. The molecule has 6 aromatic heterocycles. The van der Waals surface area contributed by atoms with Gasteiger partial charge in [0.15, 0.2) is 34.8 Å². The summed E-state index contributed by atoms with van der Waals surface area (Å²) in [4.78, 5) is 42.9. The zero-order valence-electron chi connectivity index (χ0n) is 32.1. The summed E-state index contributed by atoms with van der Waals surface area (Å²) in [5.74, 6) is 2.81. The maximum atomic E-state index is 13.3. The van der Waals surface area contributed by atoms with Crippen molar-refractivity contribution >= 4 is 23.5 Å². The number of hydrogen-bond acceptors (Lipinski definition) is 13. The summed E-state index contributed by atoms with van der Waals surface area (Å²) in [6.45, 7) is 5.81. The fourth-order valence-electron chi connectivity index (χ4n) is 6.62. The molecule has 0 radical (unpaired) electrons. The van der Waals surface area contributed by atoms with Gasteiger partial charge >= 0.3 is 5.97 Å². The van der Waals surface area contributed by atoms with Crippen LogP contribution in [0.3, 0.4) is 0 Å². The van der Waals surface area contributed by atoms with E-state index in [-0.39, 0.29) is 23.6 Å². The first-order valence-corrected chi connectivity index (χ1v) is 18.4. The van der Waals surface area contributed by atoms with E-state index in [1.54, 1.807) is 86.5 Å². The molecule has 0 aromatic carbocycles. The predicted molar refractivity (Wildman–Crippen MR) is 213 cm³/mol. The van der Waals surface area contributed by atoms with Crippen LogP contribution in [0.1, 0.15) is 47.4 Å². The van der Waals surface area contributed by atoms with Crippen molar-refractivity contribution in [1.29, 1.82) is 0 Å². The Bertz CT molecular complexity index is 2200. The minimum atomic E-state index is -1.01. The number of nitrogens with zero attached hydrogens (tertiary/aromatic N) is 9. The molecule has 0 spiro atoms. The number of pyridine rings is 4. The number of carboxylic acids is 1. The largest absolute Gasteiger partial charge is 0.493 e. The number of rotatable bonds is 10. The van der Waals surface area contributed by atoms with Gasteiger partial charge in [0.2, 0.25) is 0 Å². The molecule has 296 valence electrons. The summed E-state index contributed by atoms with van der Waals surface area (Å²) in [5, 5.41) is 27.2. The molecule has 0 unspecified atom stereocenters. The summed E-state index contributed by atoms with van der Waals surface area (Å²) < 4.78 is 13.6. The molecule has 4 atom stereocenters. The van der Waals surface area contributed by atoms with Crippen molar-refractivity contribution in [1.82, 2.24) is 49.7 Å². The van der Waals surface area contributed by atoms with Gasteiger partial charge in [-0.1, -0.05) is 0 Å². The van der Waals surface area contributed by atoms with Crippen molar-refractivity contribution in [3.63, 3.8) is 0 Å². The smallest absolute Gasteiger partial charge is 0.339 e. The van der Waals surface area contributed by atoms with Crippen LogP contribution in [0.25, 0.3) is 11.6 Å². The van der Waals surface area contributed by atoms with Crippen LogP contribution in [-0.2, 0) is 0 Å². The average Bonchev–Trinajstić information content (AvgIpc) is 4.09.